The molecule has 5 nitrogen and oxygen atoms in total. The van der Waals surface area contributed by atoms with Crippen LogP contribution in [-0.4, -0.2) is 30.7 Å². The molecular formula is C17H23NO4. The number of hydrogen-bond donors (Lipinski definition) is 1. The zero-order valence-corrected chi connectivity index (χ0v) is 13.5. The van der Waals surface area contributed by atoms with Gasteiger partial charge in [0.2, 0.25) is 0 Å². The van der Waals surface area contributed by atoms with Gasteiger partial charge in [-0.3, -0.25) is 14.9 Å². The molecule has 1 aliphatic heterocycles. The fourth-order valence-electron chi connectivity index (χ4n) is 2.70. The summed E-state index contributed by atoms with van der Waals surface area (Å²) in [4.78, 5) is 24.3. The van der Waals surface area contributed by atoms with E-state index in [4.69, 9.17) is 9.47 Å². The monoisotopic (exact) mass is 305 g/mol. The lowest BCUT2D eigenvalue weighted by Gasteiger charge is -2.25. The van der Waals surface area contributed by atoms with Gasteiger partial charge < -0.3 is 9.47 Å². The number of hydrogen-bond acceptors (Lipinski definition) is 5. The van der Waals surface area contributed by atoms with Crippen LogP contribution < -0.4 is 5.32 Å². The first-order chi connectivity index (χ1) is 10.3. The first kappa shape index (κ1) is 16.5. The molecule has 1 aliphatic rings. The van der Waals surface area contributed by atoms with Crippen molar-refractivity contribution < 1.29 is 19.1 Å². The van der Waals surface area contributed by atoms with Crippen LogP contribution in [0.1, 0.15) is 38.8 Å². The van der Waals surface area contributed by atoms with Crippen LogP contribution >= 0.6 is 0 Å². The van der Waals surface area contributed by atoms with E-state index in [-0.39, 0.29) is 18.0 Å². The number of carbonyl (C=O) groups excluding carboxylic acids is 2. The number of nitrogens with one attached hydrogen (secondary N) is 1. The summed E-state index contributed by atoms with van der Waals surface area (Å²) < 4.78 is 10.3. The van der Waals surface area contributed by atoms with Crippen molar-refractivity contribution in [2.45, 2.75) is 44.9 Å². The summed E-state index contributed by atoms with van der Waals surface area (Å²) in [6, 6.07) is 8.87. The second-order valence-corrected chi connectivity index (χ2v) is 6.51. The molecule has 1 fully saturated rings. The maximum Gasteiger partial charge on any atom is 0.322 e. The molecule has 2 rings (SSSR count). The molecule has 0 bridgehead atoms. The first-order valence-corrected chi connectivity index (χ1v) is 7.43. The van der Waals surface area contributed by atoms with Crippen LogP contribution in [0.3, 0.4) is 0 Å². The normalized spacial score (nSPS) is 24.8. The summed E-state index contributed by atoms with van der Waals surface area (Å²) in [6.07, 6.45) is 0.376. The third-order valence-corrected chi connectivity index (χ3v) is 3.63. The van der Waals surface area contributed by atoms with Gasteiger partial charge in [-0.1, -0.05) is 30.3 Å². The van der Waals surface area contributed by atoms with E-state index in [2.05, 4.69) is 5.32 Å². The van der Waals surface area contributed by atoms with Gasteiger partial charge in [0.25, 0.3) is 0 Å². The average molecular weight is 305 g/mol. The van der Waals surface area contributed by atoms with E-state index in [1.54, 1.807) is 0 Å². The largest absolute Gasteiger partial charge is 0.468 e. The number of carbonyl (C=O) groups is 2. The SMILES string of the molecule is COC(=O)[C@@H]1C[C@H](C(=O)OC(C)(C)C)[C@H](c2ccccc2)N1. The van der Waals surface area contributed by atoms with Crippen molar-refractivity contribution in [3.05, 3.63) is 35.9 Å². The molecule has 0 radical (unpaired) electrons. The molecule has 1 aromatic rings. The molecule has 1 saturated heterocycles. The number of methoxy groups -OCH3 is 1. The minimum atomic E-state index is -0.554. The van der Waals surface area contributed by atoms with Crippen LogP contribution in [0.25, 0.3) is 0 Å². The predicted octanol–water partition coefficient (Wildman–Crippen LogP) is 2.22. The van der Waals surface area contributed by atoms with Crippen LogP contribution in [0.2, 0.25) is 0 Å². The molecule has 0 unspecified atom stereocenters. The lowest BCUT2D eigenvalue weighted by Crippen LogP contribution is -2.33. The Labute approximate surface area is 131 Å². The zero-order valence-electron chi connectivity index (χ0n) is 13.5. The standard InChI is InChI=1S/C17H23NO4/c1-17(2,3)22-15(19)12-10-13(16(20)21-4)18-14(12)11-8-6-5-7-9-11/h5-9,12-14,18H,10H2,1-4H3/t12-,13-,14-/m0/s1. The minimum absolute atomic E-state index is 0.250. The number of esters is 2. The van der Waals surface area contributed by atoms with E-state index in [0.29, 0.717) is 6.42 Å². The van der Waals surface area contributed by atoms with Gasteiger partial charge in [0.05, 0.1) is 13.0 Å². The number of benzene rings is 1. The molecule has 5 heteroatoms. The van der Waals surface area contributed by atoms with Crippen molar-refractivity contribution >= 4 is 11.9 Å². The number of ether oxygens (including phenoxy) is 2. The maximum atomic E-state index is 12.5. The van der Waals surface area contributed by atoms with E-state index in [9.17, 15) is 9.59 Å². The Morgan fingerprint density at radius 3 is 2.32 bits per heavy atom. The van der Waals surface area contributed by atoms with Crippen molar-refractivity contribution in [2.24, 2.45) is 5.92 Å². The summed E-state index contributed by atoms with van der Waals surface area (Å²) in [5.74, 6) is -1.06. The highest BCUT2D eigenvalue weighted by Gasteiger charge is 2.44. The van der Waals surface area contributed by atoms with Gasteiger partial charge in [0.1, 0.15) is 11.6 Å². The third kappa shape index (κ3) is 3.85. The zero-order chi connectivity index (χ0) is 16.3. The van der Waals surface area contributed by atoms with Crippen LogP contribution in [0, 0.1) is 5.92 Å². The Bertz CT molecular complexity index is 535. The topological polar surface area (TPSA) is 64.6 Å². The summed E-state index contributed by atoms with van der Waals surface area (Å²) in [5.41, 5.74) is 0.409. The second-order valence-electron chi connectivity index (χ2n) is 6.51. The van der Waals surface area contributed by atoms with Crippen LogP contribution in [0.15, 0.2) is 30.3 Å². The molecule has 3 atom stereocenters. The van der Waals surface area contributed by atoms with Crippen LogP contribution in [0.5, 0.6) is 0 Å². The molecule has 22 heavy (non-hydrogen) atoms. The fraction of sp³-hybridized carbons (Fsp3) is 0.529. The van der Waals surface area contributed by atoms with Crippen molar-refractivity contribution in [3.63, 3.8) is 0 Å². The van der Waals surface area contributed by atoms with E-state index in [0.717, 1.165) is 5.56 Å². The van der Waals surface area contributed by atoms with Gasteiger partial charge in [0, 0.05) is 6.04 Å². The predicted molar refractivity (Wildman–Crippen MR) is 82.1 cm³/mol. The summed E-state index contributed by atoms with van der Waals surface area (Å²) in [6.45, 7) is 5.51. The highest BCUT2D eigenvalue weighted by atomic mass is 16.6. The molecule has 1 N–H and O–H groups in total. The Morgan fingerprint density at radius 2 is 1.77 bits per heavy atom. The lowest BCUT2D eigenvalue weighted by molar-refractivity contribution is -0.160. The van der Waals surface area contributed by atoms with E-state index < -0.39 is 17.6 Å². The average Bonchev–Trinajstić information content (AvgIpc) is 2.91. The Balaban J connectivity index is 2.23. The van der Waals surface area contributed by atoms with Crippen molar-refractivity contribution in [2.75, 3.05) is 7.11 Å². The molecule has 0 aliphatic carbocycles. The molecule has 0 amide bonds. The van der Waals surface area contributed by atoms with Gasteiger partial charge in [-0.2, -0.15) is 0 Å². The third-order valence-electron chi connectivity index (χ3n) is 3.63. The van der Waals surface area contributed by atoms with Gasteiger partial charge in [-0.15, -0.1) is 0 Å². The second kappa shape index (κ2) is 6.48. The van der Waals surface area contributed by atoms with Crippen molar-refractivity contribution in [3.8, 4) is 0 Å². The van der Waals surface area contributed by atoms with Gasteiger partial charge in [-0.25, -0.2) is 0 Å². The molecule has 120 valence electrons. The van der Waals surface area contributed by atoms with E-state index in [1.807, 2.05) is 51.1 Å². The molecular weight excluding hydrogens is 282 g/mol. The molecule has 0 aromatic heterocycles. The Kier molecular flexibility index (Phi) is 4.86. The quantitative estimate of drug-likeness (QED) is 0.868. The molecule has 1 aromatic carbocycles. The highest BCUT2D eigenvalue weighted by molar-refractivity contribution is 5.80. The maximum absolute atomic E-state index is 12.5. The summed E-state index contributed by atoms with van der Waals surface area (Å²) in [5, 5.41) is 3.20. The Morgan fingerprint density at radius 1 is 1.14 bits per heavy atom. The smallest absolute Gasteiger partial charge is 0.322 e. The minimum Gasteiger partial charge on any atom is -0.468 e. The first-order valence-electron chi connectivity index (χ1n) is 7.43. The van der Waals surface area contributed by atoms with Crippen LogP contribution in [-0.2, 0) is 19.1 Å². The van der Waals surface area contributed by atoms with Crippen molar-refractivity contribution in [1.29, 1.82) is 0 Å². The van der Waals surface area contributed by atoms with E-state index in [1.165, 1.54) is 7.11 Å². The summed E-state index contributed by atoms with van der Waals surface area (Å²) in [7, 11) is 1.35. The van der Waals surface area contributed by atoms with Crippen molar-refractivity contribution in [1.82, 2.24) is 5.32 Å². The van der Waals surface area contributed by atoms with Gasteiger partial charge in [0.15, 0.2) is 0 Å². The van der Waals surface area contributed by atoms with Gasteiger partial charge >= 0.3 is 11.9 Å². The summed E-state index contributed by atoms with van der Waals surface area (Å²) >= 11 is 0. The number of rotatable bonds is 3. The molecule has 0 spiro atoms. The van der Waals surface area contributed by atoms with Gasteiger partial charge in [-0.05, 0) is 32.8 Å². The van der Waals surface area contributed by atoms with E-state index >= 15 is 0 Å². The molecule has 1 heterocycles. The Hall–Kier alpha value is -1.88. The lowest BCUT2D eigenvalue weighted by atomic mass is 9.93. The fourth-order valence-corrected chi connectivity index (χ4v) is 2.70. The highest BCUT2D eigenvalue weighted by Crippen LogP contribution is 2.34. The van der Waals surface area contributed by atoms with Crippen LogP contribution in [0.4, 0.5) is 0 Å². The molecule has 0 saturated carbocycles.